The molecule has 0 radical (unpaired) electrons. The standard InChI is InChI=1S/C27H30N4O5S/c1-5-36-25(33)21-14-22-24(32)30(16-18-10-12-20(37-4)13-11-18)27(2,17-31(22)29-21)26(34)28-15-19-8-6-7-9-23(19)35-3/h6-14H,5,15-17H2,1-4H3,(H,28,34)/t27-/m1/s1. The number of fused-ring (bicyclic) bond motifs is 1. The van der Waals surface area contributed by atoms with E-state index in [1.165, 1.54) is 10.7 Å². The maximum Gasteiger partial charge on any atom is 0.358 e. The fourth-order valence-corrected chi connectivity index (χ4v) is 4.73. The zero-order chi connectivity index (χ0) is 26.6. The van der Waals surface area contributed by atoms with Gasteiger partial charge in [0.2, 0.25) is 5.91 Å². The molecule has 0 unspecified atom stereocenters. The summed E-state index contributed by atoms with van der Waals surface area (Å²) >= 11 is 1.63. The van der Waals surface area contributed by atoms with Crippen LogP contribution < -0.4 is 10.1 Å². The monoisotopic (exact) mass is 522 g/mol. The van der Waals surface area contributed by atoms with E-state index in [9.17, 15) is 14.4 Å². The van der Waals surface area contributed by atoms with E-state index in [-0.39, 0.29) is 43.5 Å². The summed E-state index contributed by atoms with van der Waals surface area (Å²) in [5, 5.41) is 7.27. The van der Waals surface area contributed by atoms with Crippen molar-refractivity contribution >= 4 is 29.5 Å². The van der Waals surface area contributed by atoms with Crippen LogP contribution in [-0.4, -0.2) is 58.0 Å². The highest BCUT2D eigenvalue weighted by Crippen LogP contribution is 2.30. The first-order chi connectivity index (χ1) is 17.8. The summed E-state index contributed by atoms with van der Waals surface area (Å²) in [5.74, 6) is -0.685. The highest BCUT2D eigenvalue weighted by atomic mass is 32.2. The number of nitrogens with one attached hydrogen (secondary N) is 1. The largest absolute Gasteiger partial charge is 0.496 e. The predicted octanol–water partition coefficient (Wildman–Crippen LogP) is 3.52. The average Bonchev–Trinajstić information content (AvgIpc) is 3.34. The van der Waals surface area contributed by atoms with Crippen molar-refractivity contribution in [3.05, 3.63) is 77.1 Å². The van der Waals surface area contributed by atoms with Gasteiger partial charge >= 0.3 is 5.97 Å². The van der Waals surface area contributed by atoms with Gasteiger partial charge in [-0.25, -0.2) is 4.79 Å². The summed E-state index contributed by atoms with van der Waals surface area (Å²) in [4.78, 5) is 42.4. The van der Waals surface area contributed by atoms with Gasteiger partial charge in [-0.2, -0.15) is 5.10 Å². The number of methoxy groups -OCH3 is 1. The Kier molecular flexibility index (Phi) is 7.87. The highest BCUT2D eigenvalue weighted by molar-refractivity contribution is 7.98. The number of benzene rings is 2. The van der Waals surface area contributed by atoms with Gasteiger partial charge < -0.3 is 19.7 Å². The Morgan fingerprint density at radius 2 is 1.89 bits per heavy atom. The van der Waals surface area contributed by atoms with Crippen LogP contribution in [0.1, 0.15) is 46.0 Å². The third-order valence-corrected chi connectivity index (χ3v) is 7.15. The van der Waals surface area contributed by atoms with E-state index < -0.39 is 17.4 Å². The van der Waals surface area contributed by atoms with E-state index >= 15 is 0 Å². The second kappa shape index (κ2) is 11.1. The van der Waals surface area contributed by atoms with E-state index in [0.717, 1.165) is 16.0 Å². The fraction of sp³-hybridized carbons (Fsp3) is 0.333. The molecule has 1 atom stereocenters. The van der Waals surface area contributed by atoms with Crippen LogP contribution in [0, 0.1) is 0 Å². The molecule has 9 nitrogen and oxygen atoms in total. The highest BCUT2D eigenvalue weighted by Gasteiger charge is 2.48. The number of rotatable bonds is 9. The van der Waals surface area contributed by atoms with Gasteiger partial charge in [0.25, 0.3) is 5.91 Å². The fourth-order valence-electron chi connectivity index (χ4n) is 4.32. The molecule has 10 heteroatoms. The zero-order valence-corrected chi connectivity index (χ0v) is 22.1. The summed E-state index contributed by atoms with van der Waals surface area (Å²) in [6.45, 7) is 4.12. The van der Waals surface area contributed by atoms with Crippen molar-refractivity contribution in [1.82, 2.24) is 20.0 Å². The van der Waals surface area contributed by atoms with E-state index in [1.807, 2.05) is 54.8 Å². The van der Waals surface area contributed by atoms with Crippen LogP contribution in [0.2, 0.25) is 0 Å². The molecular weight excluding hydrogens is 492 g/mol. The summed E-state index contributed by atoms with van der Waals surface area (Å²) in [5.41, 5.74) is 0.690. The number of hydrogen-bond acceptors (Lipinski definition) is 7. The molecule has 0 fully saturated rings. The molecule has 1 aliphatic rings. The van der Waals surface area contributed by atoms with Gasteiger partial charge in [-0.3, -0.25) is 14.3 Å². The average molecular weight is 523 g/mol. The van der Waals surface area contributed by atoms with Crippen molar-refractivity contribution in [2.24, 2.45) is 0 Å². The number of esters is 1. The molecule has 0 aliphatic carbocycles. The first kappa shape index (κ1) is 26.3. The lowest BCUT2D eigenvalue weighted by atomic mass is 9.94. The van der Waals surface area contributed by atoms with Crippen LogP contribution in [0.3, 0.4) is 0 Å². The van der Waals surface area contributed by atoms with Crippen LogP contribution in [0.15, 0.2) is 59.5 Å². The van der Waals surface area contributed by atoms with Crippen molar-refractivity contribution in [1.29, 1.82) is 0 Å². The van der Waals surface area contributed by atoms with Gasteiger partial charge in [0.1, 0.15) is 17.0 Å². The summed E-state index contributed by atoms with van der Waals surface area (Å²) < 4.78 is 11.9. The Morgan fingerprint density at radius 1 is 1.16 bits per heavy atom. The van der Waals surface area contributed by atoms with Gasteiger partial charge in [-0.15, -0.1) is 11.8 Å². The van der Waals surface area contributed by atoms with Crippen molar-refractivity contribution < 1.29 is 23.9 Å². The molecule has 37 heavy (non-hydrogen) atoms. The van der Waals surface area contributed by atoms with Crippen molar-refractivity contribution in [2.45, 2.75) is 43.9 Å². The maximum absolute atomic E-state index is 13.7. The molecule has 2 amide bonds. The quantitative estimate of drug-likeness (QED) is 0.339. The van der Waals surface area contributed by atoms with E-state index in [0.29, 0.717) is 5.75 Å². The number of nitrogens with zero attached hydrogens (tertiary/aromatic N) is 3. The van der Waals surface area contributed by atoms with Gasteiger partial charge in [-0.1, -0.05) is 30.3 Å². The van der Waals surface area contributed by atoms with Crippen LogP contribution in [0.5, 0.6) is 5.75 Å². The molecule has 0 spiro atoms. The normalized spacial score (nSPS) is 16.8. The molecule has 2 heterocycles. The maximum atomic E-state index is 13.7. The molecule has 0 bridgehead atoms. The number of para-hydroxylation sites is 1. The Labute approximate surface area is 220 Å². The number of amides is 2. The SMILES string of the molecule is CCOC(=O)c1cc2n(n1)C[C@](C)(C(=O)NCc1ccccc1OC)N(Cc1ccc(SC)cc1)C2=O. The lowest BCUT2D eigenvalue weighted by Crippen LogP contribution is -2.63. The third-order valence-electron chi connectivity index (χ3n) is 6.40. The summed E-state index contributed by atoms with van der Waals surface area (Å²) in [7, 11) is 1.58. The van der Waals surface area contributed by atoms with Gasteiger partial charge in [0.15, 0.2) is 5.69 Å². The topological polar surface area (TPSA) is 103 Å². The zero-order valence-electron chi connectivity index (χ0n) is 21.3. The minimum absolute atomic E-state index is 0.0353. The molecule has 194 valence electrons. The van der Waals surface area contributed by atoms with E-state index in [4.69, 9.17) is 9.47 Å². The van der Waals surface area contributed by atoms with Crippen LogP contribution in [-0.2, 0) is 29.2 Å². The van der Waals surface area contributed by atoms with Crippen molar-refractivity contribution in [3.63, 3.8) is 0 Å². The predicted molar refractivity (Wildman–Crippen MR) is 140 cm³/mol. The smallest absolute Gasteiger partial charge is 0.358 e. The molecule has 1 N–H and O–H groups in total. The Morgan fingerprint density at radius 3 is 2.57 bits per heavy atom. The summed E-state index contributed by atoms with van der Waals surface area (Å²) in [6.07, 6.45) is 1.99. The third kappa shape index (κ3) is 5.34. The molecule has 0 saturated heterocycles. The number of carbonyl (C=O) groups excluding carboxylic acids is 3. The second-order valence-electron chi connectivity index (χ2n) is 8.80. The first-order valence-electron chi connectivity index (χ1n) is 11.9. The van der Waals surface area contributed by atoms with Gasteiger partial charge in [0, 0.05) is 29.6 Å². The summed E-state index contributed by atoms with van der Waals surface area (Å²) in [6, 6.07) is 16.7. The lowest BCUT2D eigenvalue weighted by Gasteiger charge is -2.43. The van der Waals surface area contributed by atoms with E-state index in [1.54, 1.807) is 37.6 Å². The number of carbonyl (C=O) groups is 3. The van der Waals surface area contributed by atoms with Crippen molar-refractivity contribution in [3.8, 4) is 5.75 Å². The number of thioether (sulfide) groups is 1. The molecular formula is C27H30N4O5S. The number of hydrogen-bond donors (Lipinski definition) is 1. The van der Waals surface area contributed by atoms with Crippen LogP contribution in [0.25, 0.3) is 0 Å². The Bertz CT molecular complexity index is 1310. The Hall–Kier alpha value is -3.79. The number of aromatic nitrogens is 2. The molecule has 2 aromatic carbocycles. The first-order valence-corrected chi connectivity index (χ1v) is 13.1. The van der Waals surface area contributed by atoms with E-state index in [2.05, 4.69) is 10.4 Å². The second-order valence-corrected chi connectivity index (χ2v) is 9.68. The van der Waals surface area contributed by atoms with Gasteiger partial charge in [0.05, 0.1) is 20.3 Å². The Balaban J connectivity index is 1.67. The van der Waals surface area contributed by atoms with Crippen molar-refractivity contribution in [2.75, 3.05) is 20.0 Å². The molecule has 1 aliphatic heterocycles. The van der Waals surface area contributed by atoms with Crippen LogP contribution in [0.4, 0.5) is 0 Å². The molecule has 3 aromatic rings. The molecule has 1 aromatic heterocycles. The minimum atomic E-state index is -1.28. The molecule has 4 rings (SSSR count). The number of ether oxygens (including phenoxy) is 2. The van der Waals surface area contributed by atoms with Crippen LogP contribution >= 0.6 is 11.8 Å². The minimum Gasteiger partial charge on any atom is -0.496 e. The van der Waals surface area contributed by atoms with Gasteiger partial charge in [-0.05, 0) is 43.9 Å². The lowest BCUT2D eigenvalue weighted by molar-refractivity contribution is -0.133. The molecule has 0 saturated carbocycles.